The fourth-order valence-corrected chi connectivity index (χ4v) is 5.88. The van der Waals surface area contributed by atoms with Gasteiger partial charge in [-0.05, 0) is 42.7 Å². The highest BCUT2D eigenvalue weighted by molar-refractivity contribution is 7.89. The Morgan fingerprint density at radius 3 is 2.34 bits per heavy atom. The molecular formula is C24H22N2O2S. The Morgan fingerprint density at radius 1 is 0.897 bits per heavy atom. The van der Waals surface area contributed by atoms with Crippen LogP contribution in [0.25, 0.3) is 10.9 Å². The van der Waals surface area contributed by atoms with Crippen molar-refractivity contribution < 1.29 is 8.42 Å². The van der Waals surface area contributed by atoms with E-state index in [9.17, 15) is 8.42 Å². The van der Waals surface area contributed by atoms with E-state index in [1.54, 1.807) is 16.4 Å². The summed E-state index contributed by atoms with van der Waals surface area (Å²) in [5.74, 6) is 0. The molecule has 0 aliphatic carbocycles. The zero-order valence-corrected chi connectivity index (χ0v) is 17.0. The monoisotopic (exact) mass is 402 g/mol. The lowest BCUT2D eigenvalue weighted by molar-refractivity contribution is 0.340. The van der Waals surface area contributed by atoms with Crippen molar-refractivity contribution in [1.82, 2.24) is 9.29 Å². The van der Waals surface area contributed by atoms with E-state index in [1.807, 2.05) is 61.5 Å². The normalized spacial score (nSPS) is 17.3. The number of nitrogens with one attached hydrogen (secondary N) is 1. The third-order valence-corrected chi connectivity index (χ3v) is 7.61. The fraction of sp³-hybridized carbons (Fsp3) is 0.167. The van der Waals surface area contributed by atoms with Gasteiger partial charge in [-0.3, -0.25) is 0 Å². The summed E-state index contributed by atoms with van der Waals surface area (Å²) >= 11 is 0. The lowest BCUT2D eigenvalue weighted by atomic mass is 9.94. The smallest absolute Gasteiger partial charge is 0.244 e. The van der Waals surface area contributed by atoms with Gasteiger partial charge in [0, 0.05) is 23.1 Å². The van der Waals surface area contributed by atoms with Gasteiger partial charge < -0.3 is 4.98 Å². The molecule has 2 heterocycles. The van der Waals surface area contributed by atoms with Gasteiger partial charge in [0.2, 0.25) is 10.0 Å². The number of sulfonamides is 1. The summed E-state index contributed by atoms with van der Waals surface area (Å²) < 4.78 is 28.9. The van der Waals surface area contributed by atoms with Crippen LogP contribution in [-0.4, -0.2) is 24.3 Å². The molecule has 1 aromatic heterocycles. The average Bonchev–Trinajstić information content (AvgIpc) is 3.13. The van der Waals surface area contributed by atoms with E-state index >= 15 is 0 Å². The Bertz CT molecular complexity index is 1280. The predicted octanol–water partition coefficient (Wildman–Crippen LogP) is 4.81. The Morgan fingerprint density at radius 2 is 1.59 bits per heavy atom. The van der Waals surface area contributed by atoms with Crippen LogP contribution < -0.4 is 0 Å². The first-order valence-electron chi connectivity index (χ1n) is 9.78. The van der Waals surface area contributed by atoms with E-state index in [0.29, 0.717) is 17.9 Å². The van der Waals surface area contributed by atoms with Gasteiger partial charge in [-0.2, -0.15) is 4.31 Å². The van der Waals surface area contributed by atoms with Crippen LogP contribution in [0.5, 0.6) is 0 Å². The maximum absolute atomic E-state index is 13.6. The molecule has 3 aromatic carbocycles. The number of aromatic nitrogens is 1. The molecule has 146 valence electrons. The first-order valence-corrected chi connectivity index (χ1v) is 11.2. The molecule has 29 heavy (non-hydrogen) atoms. The van der Waals surface area contributed by atoms with E-state index in [1.165, 1.54) is 10.9 Å². The predicted molar refractivity (Wildman–Crippen MR) is 115 cm³/mol. The van der Waals surface area contributed by atoms with Gasteiger partial charge in [0.05, 0.1) is 10.9 Å². The van der Waals surface area contributed by atoms with Crippen LogP contribution in [0.3, 0.4) is 0 Å². The van der Waals surface area contributed by atoms with Crippen LogP contribution in [0, 0.1) is 6.92 Å². The molecule has 0 saturated carbocycles. The van der Waals surface area contributed by atoms with E-state index < -0.39 is 10.0 Å². The SMILES string of the molecule is Cc1ccc(S(=O)(=O)N2CCc3c([nH]c4ccccc34)C2c2ccccc2)cc1. The summed E-state index contributed by atoms with van der Waals surface area (Å²) in [5, 5.41) is 1.18. The first-order chi connectivity index (χ1) is 14.1. The maximum atomic E-state index is 13.6. The number of para-hydroxylation sites is 1. The minimum absolute atomic E-state index is 0.337. The summed E-state index contributed by atoms with van der Waals surface area (Å²) in [6.07, 6.45) is 0.688. The van der Waals surface area contributed by atoms with Crippen molar-refractivity contribution in [2.75, 3.05) is 6.54 Å². The van der Waals surface area contributed by atoms with Crippen LogP contribution in [-0.2, 0) is 16.4 Å². The van der Waals surface area contributed by atoms with E-state index in [-0.39, 0.29) is 6.04 Å². The molecule has 0 amide bonds. The Labute approximate surface area is 170 Å². The number of hydrogen-bond acceptors (Lipinski definition) is 2. The van der Waals surface area contributed by atoms with Crippen LogP contribution in [0.15, 0.2) is 83.8 Å². The second-order valence-electron chi connectivity index (χ2n) is 7.55. The van der Waals surface area contributed by atoms with Crippen molar-refractivity contribution in [1.29, 1.82) is 0 Å². The van der Waals surface area contributed by atoms with Gasteiger partial charge in [-0.1, -0.05) is 66.2 Å². The molecule has 5 rings (SSSR count). The Hall–Kier alpha value is -2.89. The van der Waals surface area contributed by atoms with Crippen molar-refractivity contribution in [2.45, 2.75) is 24.3 Å². The number of aromatic amines is 1. The van der Waals surface area contributed by atoms with Gasteiger partial charge in [0.1, 0.15) is 0 Å². The zero-order chi connectivity index (χ0) is 20.0. The van der Waals surface area contributed by atoms with Gasteiger partial charge >= 0.3 is 0 Å². The number of H-pyrrole nitrogens is 1. The molecular weight excluding hydrogens is 380 g/mol. The fourth-order valence-electron chi connectivity index (χ4n) is 4.29. The Balaban J connectivity index is 1.70. The molecule has 1 N–H and O–H groups in total. The van der Waals surface area contributed by atoms with Gasteiger partial charge in [0.25, 0.3) is 0 Å². The van der Waals surface area contributed by atoms with Gasteiger partial charge in [-0.25, -0.2) is 8.42 Å². The van der Waals surface area contributed by atoms with E-state index in [4.69, 9.17) is 0 Å². The summed E-state index contributed by atoms with van der Waals surface area (Å²) in [6, 6.07) is 24.8. The van der Waals surface area contributed by atoms with Crippen LogP contribution in [0.1, 0.15) is 28.4 Å². The molecule has 1 aliphatic rings. The van der Waals surface area contributed by atoms with Crippen molar-refractivity contribution >= 4 is 20.9 Å². The standard InChI is InChI=1S/C24H22N2O2S/c1-17-11-13-19(14-12-17)29(27,28)26-16-15-21-20-9-5-6-10-22(20)25-23(21)24(26)18-7-3-2-4-8-18/h2-14,24-25H,15-16H2,1H3. The molecule has 0 fully saturated rings. The minimum atomic E-state index is -3.64. The van der Waals surface area contributed by atoms with Crippen LogP contribution >= 0.6 is 0 Å². The highest BCUT2D eigenvalue weighted by Crippen LogP contribution is 2.40. The molecule has 0 bridgehead atoms. The number of fused-ring (bicyclic) bond motifs is 3. The summed E-state index contributed by atoms with van der Waals surface area (Å²) in [4.78, 5) is 3.86. The largest absolute Gasteiger partial charge is 0.357 e. The van der Waals surface area contributed by atoms with Crippen molar-refractivity contribution in [3.05, 3.63) is 101 Å². The van der Waals surface area contributed by atoms with Crippen molar-refractivity contribution in [2.24, 2.45) is 0 Å². The number of aryl methyl sites for hydroxylation is 1. The van der Waals surface area contributed by atoms with Crippen LogP contribution in [0.4, 0.5) is 0 Å². The maximum Gasteiger partial charge on any atom is 0.244 e. The molecule has 0 radical (unpaired) electrons. The molecule has 1 atom stereocenters. The highest BCUT2D eigenvalue weighted by atomic mass is 32.2. The molecule has 1 aliphatic heterocycles. The molecule has 5 heteroatoms. The molecule has 0 saturated heterocycles. The summed E-state index contributed by atoms with van der Waals surface area (Å²) in [5.41, 5.74) is 5.24. The quantitative estimate of drug-likeness (QED) is 0.534. The molecule has 0 spiro atoms. The lowest BCUT2D eigenvalue weighted by Crippen LogP contribution is -2.40. The number of hydrogen-bond donors (Lipinski definition) is 1. The number of rotatable bonds is 3. The molecule has 1 unspecified atom stereocenters. The molecule has 4 aromatic rings. The topological polar surface area (TPSA) is 53.2 Å². The summed E-state index contributed by atoms with van der Waals surface area (Å²) in [6.45, 7) is 2.41. The lowest BCUT2D eigenvalue weighted by Gasteiger charge is -2.35. The summed E-state index contributed by atoms with van der Waals surface area (Å²) in [7, 11) is -3.64. The van der Waals surface area contributed by atoms with Gasteiger partial charge in [0.15, 0.2) is 0 Å². The van der Waals surface area contributed by atoms with E-state index in [2.05, 4.69) is 17.1 Å². The third-order valence-electron chi connectivity index (χ3n) is 5.73. The van der Waals surface area contributed by atoms with Crippen molar-refractivity contribution in [3.8, 4) is 0 Å². The zero-order valence-electron chi connectivity index (χ0n) is 16.2. The number of nitrogens with zero attached hydrogens (tertiary/aromatic N) is 1. The minimum Gasteiger partial charge on any atom is -0.357 e. The average molecular weight is 403 g/mol. The second-order valence-corrected chi connectivity index (χ2v) is 9.45. The second kappa shape index (κ2) is 6.87. The number of benzene rings is 3. The van der Waals surface area contributed by atoms with Crippen molar-refractivity contribution in [3.63, 3.8) is 0 Å². The first kappa shape index (κ1) is 18.2. The highest BCUT2D eigenvalue weighted by Gasteiger charge is 2.39. The van der Waals surface area contributed by atoms with Crippen LogP contribution in [0.2, 0.25) is 0 Å². The third kappa shape index (κ3) is 2.98. The Kier molecular flexibility index (Phi) is 4.30. The van der Waals surface area contributed by atoms with Gasteiger partial charge in [-0.15, -0.1) is 0 Å². The molecule has 4 nitrogen and oxygen atoms in total. The van der Waals surface area contributed by atoms with E-state index in [0.717, 1.165) is 22.3 Å².